The van der Waals surface area contributed by atoms with Crippen molar-refractivity contribution in [1.82, 2.24) is 10.6 Å². The average molecular weight is 332 g/mol. The molecule has 122 valence electrons. The molecule has 1 atom stereocenters. The Morgan fingerprint density at radius 3 is 2.22 bits per heavy atom. The third kappa shape index (κ3) is 5.10. The molecule has 0 radical (unpaired) electrons. The van der Waals surface area contributed by atoms with E-state index in [0.717, 1.165) is 11.1 Å². The van der Waals surface area contributed by atoms with Crippen LogP contribution in [0.5, 0.6) is 0 Å². The predicted molar refractivity (Wildman–Crippen MR) is 89.8 cm³/mol. The SMILES string of the molecule is C[C@@H](NC(=O)NCc1ccccc1)c1ccc(S(C)(=O)=O)cc1. The topological polar surface area (TPSA) is 75.3 Å². The number of carbonyl (C=O) groups is 1. The summed E-state index contributed by atoms with van der Waals surface area (Å²) in [7, 11) is -3.21. The number of benzene rings is 2. The molecule has 2 rings (SSSR count). The number of hydrogen-bond acceptors (Lipinski definition) is 3. The van der Waals surface area contributed by atoms with E-state index < -0.39 is 9.84 Å². The molecule has 0 saturated carbocycles. The summed E-state index contributed by atoms with van der Waals surface area (Å²) in [4.78, 5) is 12.2. The maximum absolute atomic E-state index is 11.9. The van der Waals surface area contributed by atoms with Crippen LogP contribution in [-0.4, -0.2) is 20.7 Å². The Balaban J connectivity index is 1.90. The van der Waals surface area contributed by atoms with Gasteiger partial charge in [0.25, 0.3) is 0 Å². The Labute approximate surface area is 136 Å². The van der Waals surface area contributed by atoms with E-state index in [-0.39, 0.29) is 17.0 Å². The molecule has 2 aromatic rings. The summed E-state index contributed by atoms with van der Waals surface area (Å²) in [5, 5.41) is 5.61. The number of urea groups is 1. The van der Waals surface area contributed by atoms with Gasteiger partial charge in [0, 0.05) is 12.8 Å². The molecule has 0 fully saturated rings. The lowest BCUT2D eigenvalue weighted by Crippen LogP contribution is -2.36. The number of amides is 2. The molecule has 2 N–H and O–H groups in total. The Morgan fingerprint density at radius 1 is 1.04 bits per heavy atom. The van der Waals surface area contributed by atoms with Gasteiger partial charge >= 0.3 is 6.03 Å². The first-order valence-electron chi connectivity index (χ1n) is 7.24. The standard InChI is InChI=1S/C17H20N2O3S/c1-13(15-8-10-16(11-9-15)23(2,21)22)19-17(20)18-12-14-6-4-3-5-7-14/h3-11,13H,12H2,1-2H3,(H2,18,19,20)/t13-/m1/s1. The number of hydrogen-bond donors (Lipinski definition) is 2. The summed E-state index contributed by atoms with van der Waals surface area (Å²) >= 11 is 0. The van der Waals surface area contributed by atoms with Crippen molar-refractivity contribution in [1.29, 1.82) is 0 Å². The van der Waals surface area contributed by atoms with Crippen molar-refractivity contribution < 1.29 is 13.2 Å². The summed E-state index contributed by atoms with van der Waals surface area (Å²) in [6, 6.07) is 15.6. The fraction of sp³-hybridized carbons (Fsp3) is 0.235. The van der Waals surface area contributed by atoms with Crippen LogP contribution in [0.3, 0.4) is 0 Å². The second-order valence-corrected chi connectivity index (χ2v) is 7.39. The average Bonchev–Trinajstić information content (AvgIpc) is 2.53. The van der Waals surface area contributed by atoms with Crippen LogP contribution in [0.15, 0.2) is 59.5 Å². The minimum absolute atomic E-state index is 0.223. The van der Waals surface area contributed by atoms with E-state index in [0.29, 0.717) is 6.54 Å². The van der Waals surface area contributed by atoms with Gasteiger partial charge in [0.2, 0.25) is 0 Å². The summed E-state index contributed by atoms with van der Waals surface area (Å²) < 4.78 is 22.9. The monoisotopic (exact) mass is 332 g/mol. The molecule has 0 aliphatic heterocycles. The van der Waals surface area contributed by atoms with Gasteiger partial charge in [0.1, 0.15) is 0 Å². The lowest BCUT2D eigenvalue weighted by atomic mass is 10.1. The maximum atomic E-state index is 11.9. The van der Waals surface area contributed by atoms with Gasteiger partial charge in [-0.2, -0.15) is 0 Å². The molecule has 0 saturated heterocycles. The first-order chi connectivity index (χ1) is 10.9. The van der Waals surface area contributed by atoms with Crippen LogP contribution in [0.4, 0.5) is 4.79 Å². The van der Waals surface area contributed by atoms with Crippen LogP contribution in [0.25, 0.3) is 0 Å². The van der Waals surface area contributed by atoms with Crippen molar-refractivity contribution >= 4 is 15.9 Å². The van der Waals surface area contributed by atoms with Crippen molar-refractivity contribution in [2.24, 2.45) is 0 Å². The summed E-state index contributed by atoms with van der Waals surface area (Å²) in [6.07, 6.45) is 1.17. The highest BCUT2D eigenvalue weighted by molar-refractivity contribution is 7.90. The molecule has 0 unspecified atom stereocenters. The molecule has 6 heteroatoms. The van der Waals surface area contributed by atoms with Crippen LogP contribution in [-0.2, 0) is 16.4 Å². The molecule has 2 aromatic carbocycles. The first-order valence-corrected chi connectivity index (χ1v) is 9.14. The molecule has 0 heterocycles. The lowest BCUT2D eigenvalue weighted by molar-refractivity contribution is 0.237. The van der Waals surface area contributed by atoms with Gasteiger partial charge in [0.05, 0.1) is 10.9 Å². The molecule has 23 heavy (non-hydrogen) atoms. The minimum Gasteiger partial charge on any atom is -0.334 e. The molecule has 5 nitrogen and oxygen atoms in total. The molecule has 2 amide bonds. The van der Waals surface area contributed by atoms with Crippen LogP contribution >= 0.6 is 0 Å². The molecule has 0 aliphatic carbocycles. The third-order valence-corrected chi connectivity index (χ3v) is 4.58. The zero-order valence-corrected chi connectivity index (χ0v) is 13.9. The van der Waals surface area contributed by atoms with Crippen molar-refractivity contribution in [3.8, 4) is 0 Å². The van der Waals surface area contributed by atoms with Crippen molar-refractivity contribution in [3.05, 3.63) is 65.7 Å². The van der Waals surface area contributed by atoms with Gasteiger partial charge in [-0.3, -0.25) is 0 Å². The van der Waals surface area contributed by atoms with Crippen molar-refractivity contribution in [2.45, 2.75) is 24.4 Å². The van der Waals surface area contributed by atoms with Gasteiger partial charge in [-0.1, -0.05) is 42.5 Å². The van der Waals surface area contributed by atoms with E-state index in [2.05, 4.69) is 10.6 Å². The third-order valence-electron chi connectivity index (χ3n) is 3.45. The number of sulfone groups is 1. The molecule has 0 aliphatic rings. The molecule has 0 aromatic heterocycles. The fourth-order valence-electron chi connectivity index (χ4n) is 2.11. The van der Waals surface area contributed by atoms with Crippen molar-refractivity contribution in [2.75, 3.05) is 6.26 Å². The first kappa shape index (κ1) is 17.0. The molecule has 0 bridgehead atoms. The molecular weight excluding hydrogens is 312 g/mol. The van der Waals surface area contributed by atoms with E-state index in [1.807, 2.05) is 37.3 Å². The largest absolute Gasteiger partial charge is 0.334 e. The summed E-state index contributed by atoms with van der Waals surface area (Å²) in [5.41, 5.74) is 1.86. The Bertz CT molecular complexity index is 756. The maximum Gasteiger partial charge on any atom is 0.315 e. The highest BCUT2D eigenvalue weighted by Crippen LogP contribution is 2.16. The summed E-state index contributed by atoms with van der Waals surface area (Å²) in [5.74, 6) is 0. The smallest absolute Gasteiger partial charge is 0.315 e. The second kappa shape index (κ2) is 7.28. The Morgan fingerprint density at radius 2 is 1.65 bits per heavy atom. The van der Waals surface area contributed by atoms with Crippen molar-refractivity contribution in [3.63, 3.8) is 0 Å². The number of nitrogens with one attached hydrogen (secondary N) is 2. The van der Waals surface area contributed by atoms with Crippen LogP contribution in [0.1, 0.15) is 24.1 Å². The highest BCUT2D eigenvalue weighted by atomic mass is 32.2. The van der Waals surface area contributed by atoms with E-state index in [4.69, 9.17) is 0 Å². The van der Waals surface area contributed by atoms with E-state index >= 15 is 0 Å². The number of rotatable bonds is 5. The van der Waals surface area contributed by atoms with Gasteiger partial charge in [0.15, 0.2) is 9.84 Å². The quantitative estimate of drug-likeness (QED) is 0.884. The van der Waals surface area contributed by atoms with Gasteiger partial charge in [-0.25, -0.2) is 13.2 Å². The molecular formula is C17H20N2O3S. The van der Waals surface area contributed by atoms with Gasteiger partial charge < -0.3 is 10.6 Å². The Hall–Kier alpha value is -2.34. The van der Waals surface area contributed by atoms with Gasteiger partial charge in [-0.05, 0) is 30.2 Å². The van der Waals surface area contributed by atoms with Crippen LogP contribution in [0, 0.1) is 0 Å². The molecule has 0 spiro atoms. The second-order valence-electron chi connectivity index (χ2n) is 5.38. The van der Waals surface area contributed by atoms with Crippen LogP contribution in [0.2, 0.25) is 0 Å². The minimum atomic E-state index is -3.21. The summed E-state index contributed by atoms with van der Waals surface area (Å²) in [6.45, 7) is 2.30. The van der Waals surface area contributed by atoms with E-state index in [9.17, 15) is 13.2 Å². The highest BCUT2D eigenvalue weighted by Gasteiger charge is 2.11. The fourth-order valence-corrected chi connectivity index (χ4v) is 2.74. The van der Waals surface area contributed by atoms with E-state index in [1.54, 1.807) is 24.3 Å². The zero-order valence-electron chi connectivity index (χ0n) is 13.1. The lowest BCUT2D eigenvalue weighted by Gasteiger charge is -2.15. The van der Waals surface area contributed by atoms with E-state index in [1.165, 1.54) is 6.26 Å². The zero-order chi connectivity index (χ0) is 16.9. The van der Waals surface area contributed by atoms with Crippen LogP contribution < -0.4 is 10.6 Å². The predicted octanol–water partition coefficient (Wildman–Crippen LogP) is 2.65. The Kier molecular flexibility index (Phi) is 5.39. The van der Waals surface area contributed by atoms with Gasteiger partial charge in [-0.15, -0.1) is 0 Å². The normalized spacial score (nSPS) is 12.4. The number of carbonyl (C=O) groups excluding carboxylic acids is 1.